The number of likely N-dealkylation sites (tertiary alicyclic amines) is 1. The van der Waals surface area contributed by atoms with E-state index in [2.05, 4.69) is 10.2 Å². The highest BCUT2D eigenvalue weighted by Crippen LogP contribution is 2.28. The number of amides is 3. The molecule has 1 aromatic carbocycles. The highest BCUT2D eigenvalue weighted by Gasteiger charge is 2.49. The maximum absolute atomic E-state index is 12.9. The van der Waals surface area contributed by atoms with Crippen molar-refractivity contribution in [3.05, 3.63) is 35.9 Å². The molecule has 1 aromatic rings. The number of carbonyl (C=O) groups is 2. The molecule has 5 heteroatoms. The van der Waals surface area contributed by atoms with Crippen molar-refractivity contribution >= 4 is 11.9 Å². The molecule has 3 amide bonds. The zero-order chi connectivity index (χ0) is 16.3. The van der Waals surface area contributed by atoms with Crippen LogP contribution in [0.4, 0.5) is 4.79 Å². The average molecular weight is 315 g/mol. The number of hydrogen-bond acceptors (Lipinski definition) is 3. The summed E-state index contributed by atoms with van der Waals surface area (Å²) in [6.07, 6.45) is 6.04. The van der Waals surface area contributed by atoms with E-state index in [0.717, 1.165) is 31.5 Å². The summed E-state index contributed by atoms with van der Waals surface area (Å²) in [5.74, 6) is -0.157. The largest absolute Gasteiger partial charge is 0.326 e. The second-order valence-electron chi connectivity index (χ2n) is 6.68. The molecule has 1 N–H and O–H groups in total. The third-order valence-corrected chi connectivity index (χ3v) is 4.92. The van der Waals surface area contributed by atoms with Gasteiger partial charge in [0.05, 0.1) is 6.67 Å². The van der Waals surface area contributed by atoms with Crippen molar-refractivity contribution in [3.8, 4) is 0 Å². The zero-order valence-corrected chi connectivity index (χ0v) is 13.8. The normalized spacial score (nSPS) is 26.7. The fourth-order valence-electron chi connectivity index (χ4n) is 3.45. The van der Waals surface area contributed by atoms with Crippen molar-refractivity contribution in [2.24, 2.45) is 0 Å². The molecule has 0 radical (unpaired) electrons. The van der Waals surface area contributed by atoms with E-state index in [9.17, 15) is 9.59 Å². The number of nitrogens with zero attached hydrogens (tertiary/aromatic N) is 2. The lowest BCUT2D eigenvalue weighted by molar-refractivity contribution is -0.132. The molecular weight excluding hydrogens is 290 g/mol. The number of benzene rings is 1. The summed E-state index contributed by atoms with van der Waals surface area (Å²) in [7, 11) is 0. The first-order valence-corrected chi connectivity index (χ1v) is 8.53. The van der Waals surface area contributed by atoms with Crippen LogP contribution in [0, 0.1) is 0 Å². The molecule has 3 rings (SSSR count). The quantitative estimate of drug-likeness (QED) is 0.873. The van der Waals surface area contributed by atoms with Gasteiger partial charge >= 0.3 is 6.03 Å². The first-order chi connectivity index (χ1) is 11.1. The molecule has 0 aromatic heterocycles. The van der Waals surface area contributed by atoms with Gasteiger partial charge in [-0.1, -0.05) is 49.6 Å². The number of imide groups is 1. The minimum atomic E-state index is -0.957. The summed E-state index contributed by atoms with van der Waals surface area (Å²) in [5, 5.41) is 2.87. The Kier molecular flexibility index (Phi) is 4.66. The van der Waals surface area contributed by atoms with Gasteiger partial charge in [0.1, 0.15) is 5.54 Å². The third kappa shape index (κ3) is 3.24. The molecule has 0 spiro atoms. The predicted molar refractivity (Wildman–Crippen MR) is 88.7 cm³/mol. The number of hydrogen-bond donors (Lipinski definition) is 1. The fourth-order valence-corrected chi connectivity index (χ4v) is 3.45. The van der Waals surface area contributed by atoms with Crippen molar-refractivity contribution in [1.29, 1.82) is 0 Å². The predicted octanol–water partition coefficient (Wildman–Crippen LogP) is 2.68. The van der Waals surface area contributed by atoms with Crippen molar-refractivity contribution < 1.29 is 9.59 Å². The second-order valence-corrected chi connectivity index (χ2v) is 6.68. The lowest BCUT2D eigenvalue weighted by atomic mass is 9.92. The highest BCUT2D eigenvalue weighted by atomic mass is 16.2. The van der Waals surface area contributed by atoms with E-state index in [1.165, 1.54) is 24.2 Å². The topological polar surface area (TPSA) is 52.7 Å². The Morgan fingerprint density at radius 2 is 1.61 bits per heavy atom. The van der Waals surface area contributed by atoms with Gasteiger partial charge in [-0.3, -0.25) is 9.69 Å². The van der Waals surface area contributed by atoms with Gasteiger partial charge in [0.25, 0.3) is 5.91 Å². The zero-order valence-electron chi connectivity index (χ0n) is 13.8. The first-order valence-electron chi connectivity index (χ1n) is 8.53. The lowest BCUT2D eigenvalue weighted by Gasteiger charge is -2.28. The molecule has 2 saturated heterocycles. The van der Waals surface area contributed by atoms with Crippen LogP contribution in [0.3, 0.4) is 0 Å². The Morgan fingerprint density at radius 1 is 1.00 bits per heavy atom. The number of urea groups is 1. The Morgan fingerprint density at radius 3 is 2.26 bits per heavy atom. The Labute approximate surface area is 137 Å². The van der Waals surface area contributed by atoms with Crippen LogP contribution in [0.5, 0.6) is 0 Å². The Hall–Kier alpha value is -1.88. The minimum Gasteiger partial charge on any atom is -0.319 e. The number of rotatable bonds is 3. The van der Waals surface area contributed by atoms with Crippen LogP contribution in [-0.2, 0) is 10.3 Å². The van der Waals surface area contributed by atoms with Crippen LogP contribution in [0.2, 0.25) is 0 Å². The number of carbonyl (C=O) groups excluding carboxylic acids is 2. The van der Waals surface area contributed by atoms with Gasteiger partial charge in [0, 0.05) is 0 Å². The van der Waals surface area contributed by atoms with Gasteiger partial charge in [-0.15, -0.1) is 0 Å². The molecule has 2 aliphatic heterocycles. The van der Waals surface area contributed by atoms with Crippen LogP contribution in [0.15, 0.2) is 30.3 Å². The van der Waals surface area contributed by atoms with Crippen molar-refractivity contribution in [1.82, 2.24) is 15.1 Å². The van der Waals surface area contributed by atoms with E-state index >= 15 is 0 Å². The SMILES string of the molecule is C[C@@]1(c2ccccc2)NC(=O)N(CN2CCCCCCC2)C1=O. The molecule has 0 saturated carbocycles. The van der Waals surface area contributed by atoms with Crippen LogP contribution in [0.25, 0.3) is 0 Å². The molecule has 23 heavy (non-hydrogen) atoms. The van der Waals surface area contributed by atoms with E-state index in [-0.39, 0.29) is 11.9 Å². The van der Waals surface area contributed by atoms with Crippen LogP contribution < -0.4 is 5.32 Å². The van der Waals surface area contributed by atoms with Crippen LogP contribution in [0.1, 0.15) is 44.6 Å². The molecular formula is C18H25N3O2. The summed E-state index contributed by atoms with van der Waals surface area (Å²) in [5.41, 5.74) is -0.130. The van der Waals surface area contributed by atoms with Crippen molar-refractivity contribution in [2.45, 2.75) is 44.6 Å². The molecule has 0 aliphatic carbocycles. The van der Waals surface area contributed by atoms with E-state index < -0.39 is 5.54 Å². The molecule has 2 aliphatic rings. The number of nitrogens with one attached hydrogen (secondary N) is 1. The molecule has 0 bridgehead atoms. The molecule has 5 nitrogen and oxygen atoms in total. The van der Waals surface area contributed by atoms with Crippen LogP contribution in [-0.4, -0.2) is 41.5 Å². The fraction of sp³-hybridized carbons (Fsp3) is 0.556. The van der Waals surface area contributed by atoms with Gasteiger partial charge in [-0.25, -0.2) is 9.69 Å². The summed E-state index contributed by atoms with van der Waals surface area (Å²) in [6.45, 7) is 4.10. The lowest BCUT2D eigenvalue weighted by Crippen LogP contribution is -2.44. The van der Waals surface area contributed by atoms with Crippen molar-refractivity contribution in [3.63, 3.8) is 0 Å². The summed E-state index contributed by atoms with van der Waals surface area (Å²) in [4.78, 5) is 28.8. The average Bonchev–Trinajstić information content (AvgIpc) is 2.74. The smallest absolute Gasteiger partial charge is 0.319 e. The van der Waals surface area contributed by atoms with E-state index in [0.29, 0.717) is 6.67 Å². The van der Waals surface area contributed by atoms with E-state index in [1.54, 1.807) is 6.92 Å². The molecule has 124 valence electrons. The molecule has 2 fully saturated rings. The Balaban J connectivity index is 1.73. The molecule has 0 unspecified atom stereocenters. The summed E-state index contributed by atoms with van der Waals surface area (Å²) in [6, 6.07) is 9.17. The maximum Gasteiger partial charge on any atom is 0.326 e. The first kappa shape index (κ1) is 16.0. The van der Waals surface area contributed by atoms with E-state index in [1.807, 2.05) is 30.3 Å². The summed E-state index contributed by atoms with van der Waals surface area (Å²) < 4.78 is 0. The minimum absolute atomic E-state index is 0.157. The monoisotopic (exact) mass is 315 g/mol. The molecule has 2 heterocycles. The third-order valence-electron chi connectivity index (χ3n) is 4.92. The maximum atomic E-state index is 12.9. The van der Waals surface area contributed by atoms with Crippen LogP contribution >= 0.6 is 0 Å². The standard InChI is InChI=1S/C18H25N3O2/c1-18(15-10-6-5-7-11-15)16(22)21(17(23)19-18)14-20-12-8-3-2-4-9-13-20/h5-7,10-11H,2-4,8-9,12-14H2,1H3,(H,19,23)/t18-/m0/s1. The van der Waals surface area contributed by atoms with Gasteiger partial charge < -0.3 is 5.32 Å². The van der Waals surface area contributed by atoms with Crippen molar-refractivity contribution in [2.75, 3.05) is 19.8 Å². The second kappa shape index (κ2) is 6.71. The van der Waals surface area contributed by atoms with Gasteiger partial charge in [-0.05, 0) is 38.4 Å². The summed E-state index contributed by atoms with van der Waals surface area (Å²) >= 11 is 0. The molecule has 1 atom stereocenters. The Bertz CT molecular complexity index is 567. The van der Waals surface area contributed by atoms with Gasteiger partial charge in [0.2, 0.25) is 0 Å². The van der Waals surface area contributed by atoms with Gasteiger partial charge in [-0.2, -0.15) is 0 Å². The highest BCUT2D eigenvalue weighted by molar-refractivity contribution is 6.07. The van der Waals surface area contributed by atoms with E-state index in [4.69, 9.17) is 0 Å². The van der Waals surface area contributed by atoms with Gasteiger partial charge in [0.15, 0.2) is 0 Å².